The first kappa shape index (κ1) is 18.4. The second kappa shape index (κ2) is 9.37. The standard InChI is InChI=1S/C18H27N3O3/c1-14(2)24-12-10-20-18(23)15-6-7-17(22)21(13-15)11-8-16-5-3-4-9-19-16/h3-5,9,14-15H,6-8,10-13H2,1-2H3,(H,20,23)/t15-/m1/s1. The number of carbonyl (C=O) groups excluding carboxylic acids is 2. The highest BCUT2D eigenvalue weighted by Crippen LogP contribution is 2.18. The maximum atomic E-state index is 12.3. The van der Waals surface area contributed by atoms with Crippen LogP contribution in [0.5, 0.6) is 0 Å². The van der Waals surface area contributed by atoms with Gasteiger partial charge in [-0.25, -0.2) is 0 Å². The fraction of sp³-hybridized carbons (Fsp3) is 0.611. The second-order valence-corrected chi connectivity index (χ2v) is 6.36. The molecule has 0 bridgehead atoms. The van der Waals surface area contributed by atoms with Crippen molar-refractivity contribution in [2.24, 2.45) is 5.92 Å². The molecule has 0 spiro atoms. The summed E-state index contributed by atoms with van der Waals surface area (Å²) in [6.07, 6.45) is 3.68. The molecular formula is C18H27N3O3. The molecule has 1 saturated heterocycles. The fourth-order valence-electron chi connectivity index (χ4n) is 2.75. The number of pyridine rings is 1. The van der Waals surface area contributed by atoms with Gasteiger partial charge in [-0.15, -0.1) is 0 Å². The van der Waals surface area contributed by atoms with E-state index in [1.54, 1.807) is 11.1 Å². The Balaban J connectivity index is 1.77. The second-order valence-electron chi connectivity index (χ2n) is 6.36. The topological polar surface area (TPSA) is 71.5 Å². The van der Waals surface area contributed by atoms with E-state index in [0.29, 0.717) is 45.5 Å². The lowest BCUT2D eigenvalue weighted by atomic mass is 9.96. The van der Waals surface area contributed by atoms with Crippen molar-refractivity contribution < 1.29 is 14.3 Å². The molecule has 1 aliphatic heterocycles. The first-order valence-corrected chi connectivity index (χ1v) is 8.63. The van der Waals surface area contributed by atoms with Crippen LogP contribution in [0.15, 0.2) is 24.4 Å². The van der Waals surface area contributed by atoms with Crippen molar-refractivity contribution in [3.05, 3.63) is 30.1 Å². The molecule has 1 fully saturated rings. The highest BCUT2D eigenvalue weighted by Gasteiger charge is 2.29. The zero-order valence-electron chi connectivity index (χ0n) is 14.5. The number of hydrogen-bond donors (Lipinski definition) is 1. The average molecular weight is 333 g/mol. The van der Waals surface area contributed by atoms with Gasteiger partial charge < -0.3 is 15.0 Å². The third-order valence-corrected chi connectivity index (χ3v) is 4.09. The van der Waals surface area contributed by atoms with E-state index in [0.717, 1.165) is 5.69 Å². The van der Waals surface area contributed by atoms with Gasteiger partial charge in [0.1, 0.15) is 0 Å². The molecule has 0 aromatic carbocycles. The van der Waals surface area contributed by atoms with E-state index in [1.807, 2.05) is 32.0 Å². The minimum atomic E-state index is -0.134. The molecule has 0 radical (unpaired) electrons. The number of ether oxygens (including phenoxy) is 1. The van der Waals surface area contributed by atoms with Gasteiger partial charge in [0.2, 0.25) is 11.8 Å². The van der Waals surface area contributed by atoms with Gasteiger partial charge in [0, 0.05) is 44.4 Å². The van der Waals surface area contributed by atoms with Gasteiger partial charge in [-0.2, -0.15) is 0 Å². The monoisotopic (exact) mass is 333 g/mol. The highest BCUT2D eigenvalue weighted by atomic mass is 16.5. The van der Waals surface area contributed by atoms with Crippen molar-refractivity contribution in [2.45, 2.75) is 39.2 Å². The van der Waals surface area contributed by atoms with Gasteiger partial charge >= 0.3 is 0 Å². The summed E-state index contributed by atoms with van der Waals surface area (Å²) in [6.45, 7) is 6.05. The lowest BCUT2D eigenvalue weighted by molar-refractivity contribution is -0.138. The minimum absolute atomic E-state index is 0.0118. The van der Waals surface area contributed by atoms with Gasteiger partial charge in [-0.3, -0.25) is 14.6 Å². The third kappa shape index (κ3) is 5.92. The largest absolute Gasteiger partial charge is 0.377 e. The van der Waals surface area contributed by atoms with Crippen molar-refractivity contribution in [2.75, 3.05) is 26.2 Å². The zero-order chi connectivity index (χ0) is 17.4. The maximum Gasteiger partial charge on any atom is 0.224 e. The molecule has 0 saturated carbocycles. The Morgan fingerprint density at radius 1 is 1.46 bits per heavy atom. The van der Waals surface area contributed by atoms with Crippen LogP contribution in [0.3, 0.4) is 0 Å². The number of aromatic nitrogens is 1. The Morgan fingerprint density at radius 2 is 2.29 bits per heavy atom. The summed E-state index contributed by atoms with van der Waals surface area (Å²) in [5, 5.41) is 2.90. The molecule has 6 nitrogen and oxygen atoms in total. The van der Waals surface area contributed by atoms with Crippen LogP contribution >= 0.6 is 0 Å². The Labute approximate surface area is 143 Å². The normalized spacial score (nSPS) is 18.0. The number of rotatable bonds is 8. The van der Waals surface area contributed by atoms with Crippen molar-refractivity contribution in [1.82, 2.24) is 15.2 Å². The van der Waals surface area contributed by atoms with E-state index in [-0.39, 0.29) is 23.8 Å². The molecular weight excluding hydrogens is 306 g/mol. The first-order valence-electron chi connectivity index (χ1n) is 8.63. The van der Waals surface area contributed by atoms with Crippen LogP contribution in [0.4, 0.5) is 0 Å². The molecule has 2 heterocycles. The van der Waals surface area contributed by atoms with Crippen LogP contribution in [0.25, 0.3) is 0 Å². The summed E-state index contributed by atoms with van der Waals surface area (Å²) in [7, 11) is 0. The predicted molar refractivity (Wildman–Crippen MR) is 91.3 cm³/mol. The number of nitrogens with zero attached hydrogens (tertiary/aromatic N) is 2. The van der Waals surface area contributed by atoms with Crippen LogP contribution in [-0.4, -0.2) is 54.0 Å². The molecule has 0 unspecified atom stereocenters. The molecule has 132 valence electrons. The molecule has 2 rings (SSSR count). The third-order valence-electron chi connectivity index (χ3n) is 4.09. The SMILES string of the molecule is CC(C)OCCNC(=O)[C@@H]1CCC(=O)N(CCc2ccccn2)C1. The number of piperidine rings is 1. The van der Waals surface area contributed by atoms with Crippen LogP contribution in [0.1, 0.15) is 32.4 Å². The Kier molecular flexibility index (Phi) is 7.18. The van der Waals surface area contributed by atoms with E-state index in [4.69, 9.17) is 4.74 Å². The van der Waals surface area contributed by atoms with Crippen molar-refractivity contribution in [3.8, 4) is 0 Å². The highest BCUT2D eigenvalue weighted by molar-refractivity contribution is 5.83. The van der Waals surface area contributed by atoms with E-state index in [9.17, 15) is 9.59 Å². The minimum Gasteiger partial charge on any atom is -0.377 e. The Bertz CT molecular complexity index is 534. The fourth-order valence-corrected chi connectivity index (χ4v) is 2.75. The van der Waals surface area contributed by atoms with Crippen LogP contribution in [-0.2, 0) is 20.7 Å². The van der Waals surface area contributed by atoms with Gasteiger partial charge in [0.25, 0.3) is 0 Å². The Hall–Kier alpha value is -1.95. The van der Waals surface area contributed by atoms with Crippen molar-refractivity contribution in [3.63, 3.8) is 0 Å². The Morgan fingerprint density at radius 3 is 3.00 bits per heavy atom. The lowest BCUT2D eigenvalue weighted by Crippen LogP contribution is -2.46. The van der Waals surface area contributed by atoms with Gasteiger partial charge in [0.05, 0.1) is 18.6 Å². The maximum absolute atomic E-state index is 12.3. The smallest absolute Gasteiger partial charge is 0.224 e. The van der Waals surface area contributed by atoms with Crippen LogP contribution in [0, 0.1) is 5.92 Å². The summed E-state index contributed by atoms with van der Waals surface area (Å²) in [5.74, 6) is 0.00120. The molecule has 1 aromatic rings. The molecule has 2 amide bonds. The van der Waals surface area contributed by atoms with Crippen LogP contribution in [0.2, 0.25) is 0 Å². The van der Waals surface area contributed by atoms with E-state index in [2.05, 4.69) is 10.3 Å². The molecule has 6 heteroatoms. The van der Waals surface area contributed by atoms with Gasteiger partial charge in [-0.05, 0) is 32.4 Å². The van der Waals surface area contributed by atoms with Gasteiger partial charge in [-0.1, -0.05) is 6.07 Å². The van der Waals surface area contributed by atoms with Gasteiger partial charge in [0.15, 0.2) is 0 Å². The number of nitrogens with one attached hydrogen (secondary N) is 1. The summed E-state index contributed by atoms with van der Waals surface area (Å²) in [5.41, 5.74) is 0.961. The number of carbonyl (C=O) groups is 2. The number of amides is 2. The molecule has 24 heavy (non-hydrogen) atoms. The quantitative estimate of drug-likeness (QED) is 0.730. The van der Waals surface area contributed by atoms with E-state index < -0.39 is 0 Å². The average Bonchev–Trinajstić information content (AvgIpc) is 2.58. The summed E-state index contributed by atoms with van der Waals surface area (Å²) in [6, 6.07) is 5.77. The van der Waals surface area contributed by atoms with E-state index in [1.165, 1.54) is 0 Å². The molecule has 1 atom stereocenters. The summed E-state index contributed by atoms with van der Waals surface area (Å²) in [4.78, 5) is 30.4. The zero-order valence-corrected chi connectivity index (χ0v) is 14.5. The lowest BCUT2D eigenvalue weighted by Gasteiger charge is -2.32. The summed E-state index contributed by atoms with van der Waals surface area (Å²) < 4.78 is 5.42. The molecule has 1 aliphatic rings. The van der Waals surface area contributed by atoms with E-state index >= 15 is 0 Å². The number of likely N-dealkylation sites (tertiary alicyclic amines) is 1. The number of hydrogen-bond acceptors (Lipinski definition) is 4. The molecule has 0 aliphatic carbocycles. The van der Waals surface area contributed by atoms with Crippen LogP contribution < -0.4 is 5.32 Å². The van der Waals surface area contributed by atoms with Crippen molar-refractivity contribution in [1.29, 1.82) is 0 Å². The van der Waals surface area contributed by atoms with Crippen molar-refractivity contribution >= 4 is 11.8 Å². The first-order chi connectivity index (χ1) is 11.6. The molecule has 1 aromatic heterocycles. The summed E-state index contributed by atoms with van der Waals surface area (Å²) >= 11 is 0. The predicted octanol–water partition coefficient (Wildman–Crippen LogP) is 1.40. The molecule has 1 N–H and O–H groups in total.